The van der Waals surface area contributed by atoms with E-state index < -0.39 is 12.2 Å². The van der Waals surface area contributed by atoms with Gasteiger partial charge in [-0.1, -0.05) is 13.8 Å². The topological polar surface area (TPSA) is 41.5 Å². The zero-order chi connectivity index (χ0) is 13.8. The van der Waals surface area contributed by atoms with Crippen molar-refractivity contribution < 1.29 is 18.6 Å². The van der Waals surface area contributed by atoms with Gasteiger partial charge in [0, 0.05) is 12.2 Å². The van der Waals surface area contributed by atoms with Crippen LogP contribution in [0.1, 0.15) is 20.8 Å². The first-order valence-electron chi connectivity index (χ1n) is 5.82. The van der Waals surface area contributed by atoms with E-state index in [1.807, 2.05) is 13.8 Å². The van der Waals surface area contributed by atoms with Gasteiger partial charge in [-0.3, -0.25) is 0 Å². The number of benzene rings is 1. The molecule has 102 valence electrons. The first-order chi connectivity index (χ1) is 8.31. The first kappa shape index (κ1) is 14.7. The molecule has 0 spiro atoms. The number of anilines is 1. The Morgan fingerprint density at radius 1 is 1.28 bits per heavy atom. The number of nitrogens with one attached hydrogen (secondary N) is 1. The van der Waals surface area contributed by atoms with E-state index in [0.29, 0.717) is 6.54 Å². The SMILES string of the molecule is CC(C)C(C)(O)CNc1ccc(OC(F)F)cc1. The number of alkyl halides is 2. The molecule has 2 N–H and O–H groups in total. The maximum absolute atomic E-state index is 11.9. The van der Waals surface area contributed by atoms with Gasteiger partial charge in [0.05, 0.1) is 5.60 Å². The Hall–Kier alpha value is -1.36. The molecule has 0 saturated carbocycles. The van der Waals surface area contributed by atoms with Gasteiger partial charge >= 0.3 is 6.61 Å². The third kappa shape index (κ3) is 4.49. The van der Waals surface area contributed by atoms with Crippen LogP contribution in [-0.2, 0) is 0 Å². The summed E-state index contributed by atoms with van der Waals surface area (Å²) in [5, 5.41) is 13.1. The second-order valence-electron chi connectivity index (χ2n) is 4.77. The average Bonchev–Trinajstić information content (AvgIpc) is 2.27. The standard InChI is InChI=1S/C13H19F2NO2/c1-9(2)13(3,17)8-16-10-4-6-11(7-5-10)18-12(14)15/h4-7,9,12,16-17H,8H2,1-3H3. The summed E-state index contributed by atoms with van der Waals surface area (Å²) in [6, 6.07) is 6.18. The van der Waals surface area contributed by atoms with E-state index in [2.05, 4.69) is 10.1 Å². The quantitative estimate of drug-likeness (QED) is 0.824. The van der Waals surface area contributed by atoms with E-state index in [1.54, 1.807) is 19.1 Å². The minimum Gasteiger partial charge on any atom is -0.435 e. The maximum Gasteiger partial charge on any atom is 0.387 e. The highest BCUT2D eigenvalue weighted by atomic mass is 19.3. The Morgan fingerprint density at radius 3 is 2.28 bits per heavy atom. The lowest BCUT2D eigenvalue weighted by Gasteiger charge is -2.28. The summed E-state index contributed by atoms with van der Waals surface area (Å²) in [6.07, 6.45) is 0. The van der Waals surface area contributed by atoms with Crippen LogP contribution in [0.25, 0.3) is 0 Å². The summed E-state index contributed by atoms with van der Waals surface area (Å²) >= 11 is 0. The van der Waals surface area contributed by atoms with E-state index in [1.165, 1.54) is 12.1 Å². The fraction of sp³-hybridized carbons (Fsp3) is 0.538. The highest BCUT2D eigenvalue weighted by Crippen LogP contribution is 2.20. The summed E-state index contributed by atoms with van der Waals surface area (Å²) in [4.78, 5) is 0. The van der Waals surface area contributed by atoms with E-state index in [-0.39, 0.29) is 11.7 Å². The molecule has 0 amide bonds. The smallest absolute Gasteiger partial charge is 0.387 e. The van der Waals surface area contributed by atoms with Crippen molar-refractivity contribution in [3.8, 4) is 5.75 Å². The molecule has 1 unspecified atom stereocenters. The molecule has 0 aliphatic carbocycles. The maximum atomic E-state index is 11.9. The van der Waals surface area contributed by atoms with Crippen LogP contribution < -0.4 is 10.1 Å². The van der Waals surface area contributed by atoms with Gasteiger partial charge in [-0.05, 0) is 37.1 Å². The van der Waals surface area contributed by atoms with Crippen molar-refractivity contribution in [1.29, 1.82) is 0 Å². The molecule has 1 rings (SSSR count). The Labute approximate surface area is 106 Å². The zero-order valence-electron chi connectivity index (χ0n) is 10.8. The molecule has 3 nitrogen and oxygen atoms in total. The van der Waals surface area contributed by atoms with Gasteiger partial charge in [-0.15, -0.1) is 0 Å². The fourth-order valence-corrected chi connectivity index (χ4v) is 1.24. The van der Waals surface area contributed by atoms with Crippen molar-refractivity contribution in [3.63, 3.8) is 0 Å². The molecule has 0 bridgehead atoms. The van der Waals surface area contributed by atoms with Gasteiger partial charge in [-0.2, -0.15) is 8.78 Å². The van der Waals surface area contributed by atoms with Crippen LogP contribution in [0.3, 0.4) is 0 Å². The predicted octanol–water partition coefficient (Wildman–Crippen LogP) is 3.11. The van der Waals surface area contributed by atoms with Crippen molar-refractivity contribution in [2.45, 2.75) is 33.0 Å². The van der Waals surface area contributed by atoms with E-state index in [4.69, 9.17) is 0 Å². The molecule has 0 saturated heterocycles. The Kier molecular flexibility index (Phi) is 4.90. The van der Waals surface area contributed by atoms with Gasteiger partial charge in [0.25, 0.3) is 0 Å². The molecule has 18 heavy (non-hydrogen) atoms. The van der Waals surface area contributed by atoms with Crippen molar-refractivity contribution in [1.82, 2.24) is 0 Å². The molecule has 0 radical (unpaired) electrons. The second kappa shape index (κ2) is 6.00. The lowest BCUT2D eigenvalue weighted by Crippen LogP contribution is -2.38. The molecule has 0 aromatic heterocycles. The monoisotopic (exact) mass is 259 g/mol. The fourth-order valence-electron chi connectivity index (χ4n) is 1.24. The van der Waals surface area contributed by atoms with E-state index >= 15 is 0 Å². The molecular weight excluding hydrogens is 240 g/mol. The molecule has 0 aliphatic heterocycles. The number of hydrogen-bond acceptors (Lipinski definition) is 3. The molecule has 1 aromatic rings. The molecule has 1 atom stereocenters. The van der Waals surface area contributed by atoms with Crippen molar-refractivity contribution in [2.24, 2.45) is 5.92 Å². The van der Waals surface area contributed by atoms with Crippen LogP contribution in [0.15, 0.2) is 24.3 Å². The molecule has 0 heterocycles. The number of hydrogen-bond donors (Lipinski definition) is 2. The third-order valence-corrected chi connectivity index (χ3v) is 2.97. The van der Waals surface area contributed by atoms with Crippen molar-refractivity contribution in [3.05, 3.63) is 24.3 Å². The molecule has 0 fully saturated rings. The van der Waals surface area contributed by atoms with E-state index in [0.717, 1.165) is 5.69 Å². The lowest BCUT2D eigenvalue weighted by molar-refractivity contribution is -0.0498. The second-order valence-corrected chi connectivity index (χ2v) is 4.77. The summed E-state index contributed by atoms with van der Waals surface area (Å²) in [5.74, 6) is 0.234. The van der Waals surface area contributed by atoms with Crippen LogP contribution >= 0.6 is 0 Å². The third-order valence-electron chi connectivity index (χ3n) is 2.97. The number of rotatable bonds is 6. The average molecular weight is 259 g/mol. The number of halogens is 2. The molecule has 1 aromatic carbocycles. The van der Waals surface area contributed by atoms with Gasteiger partial charge < -0.3 is 15.2 Å². The minimum absolute atomic E-state index is 0.117. The van der Waals surface area contributed by atoms with Crippen molar-refractivity contribution >= 4 is 5.69 Å². The normalized spacial score (nSPS) is 14.7. The van der Waals surface area contributed by atoms with Gasteiger partial charge in [0.1, 0.15) is 5.75 Å². The summed E-state index contributed by atoms with van der Waals surface area (Å²) < 4.78 is 28.1. The predicted molar refractivity (Wildman–Crippen MR) is 67.0 cm³/mol. The number of aliphatic hydroxyl groups is 1. The number of ether oxygens (including phenoxy) is 1. The van der Waals surface area contributed by atoms with Crippen LogP contribution in [0.5, 0.6) is 5.75 Å². The van der Waals surface area contributed by atoms with Gasteiger partial charge in [0.2, 0.25) is 0 Å². The Morgan fingerprint density at radius 2 is 1.83 bits per heavy atom. The lowest BCUT2D eigenvalue weighted by atomic mass is 9.92. The Balaban J connectivity index is 2.54. The summed E-state index contributed by atoms with van der Waals surface area (Å²) in [7, 11) is 0. The summed E-state index contributed by atoms with van der Waals surface area (Å²) in [6.45, 7) is 3.19. The van der Waals surface area contributed by atoms with Crippen LogP contribution in [0.2, 0.25) is 0 Å². The van der Waals surface area contributed by atoms with Crippen LogP contribution in [0.4, 0.5) is 14.5 Å². The van der Waals surface area contributed by atoms with Crippen LogP contribution in [0, 0.1) is 5.92 Å². The van der Waals surface area contributed by atoms with Gasteiger partial charge in [0.15, 0.2) is 0 Å². The van der Waals surface area contributed by atoms with Gasteiger partial charge in [-0.25, -0.2) is 0 Å². The largest absolute Gasteiger partial charge is 0.435 e. The molecular formula is C13H19F2NO2. The molecule has 5 heteroatoms. The zero-order valence-corrected chi connectivity index (χ0v) is 10.8. The highest BCUT2D eigenvalue weighted by Gasteiger charge is 2.24. The van der Waals surface area contributed by atoms with E-state index in [9.17, 15) is 13.9 Å². The summed E-state index contributed by atoms with van der Waals surface area (Å²) in [5.41, 5.74) is -0.0736. The van der Waals surface area contributed by atoms with Crippen LogP contribution in [-0.4, -0.2) is 23.9 Å². The van der Waals surface area contributed by atoms with Crippen molar-refractivity contribution in [2.75, 3.05) is 11.9 Å². The highest BCUT2D eigenvalue weighted by molar-refractivity contribution is 5.46. The Bertz CT molecular complexity index is 364. The minimum atomic E-state index is -2.81. The first-order valence-corrected chi connectivity index (χ1v) is 5.82. The molecule has 0 aliphatic rings.